The Balaban J connectivity index is 2.33. The maximum Gasteiger partial charge on any atom is 0.193 e. The van der Waals surface area contributed by atoms with Crippen molar-refractivity contribution in [1.29, 1.82) is 0 Å². The van der Waals surface area contributed by atoms with E-state index in [4.69, 9.17) is 12.6 Å². The standard InChI is InChI=1S/C13H9OS/c14-13(10-4-2-1-3-5-10)11-6-8-12(15)9-7-11/h1-9H. The number of carbonyl (C=O) groups is 1. The van der Waals surface area contributed by atoms with Gasteiger partial charge in [0.25, 0.3) is 0 Å². The Labute approximate surface area is 94.2 Å². The second-order valence-corrected chi connectivity index (χ2v) is 3.69. The fourth-order valence-electron chi connectivity index (χ4n) is 1.36. The zero-order chi connectivity index (χ0) is 10.7. The molecule has 0 aliphatic rings. The SMILES string of the molecule is O=C(c1ccccc1)c1ccc([S])cc1. The molecular weight excluding hydrogens is 204 g/mol. The third-order valence-corrected chi connectivity index (χ3v) is 2.42. The Morgan fingerprint density at radius 2 is 1.33 bits per heavy atom. The van der Waals surface area contributed by atoms with Crippen LogP contribution < -0.4 is 0 Å². The number of hydrogen-bond acceptors (Lipinski definition) is 1. The van der Waals surface area contributed by atoms with Crippen LogP contribution in [0, 0.1) is 0 Å². The van der Waals surface area contributed by atoms with Gasteiger partial charge >= 0.3 is 0 Å². The second kappa shape index (κ2) is 4.24. The van der Waals surface area contributed by atoms with Crippen LogP contribution in [0.2, 0.25) is 0 Å². The quantitative estimate of drug-likeness (QED) is 0.698. The first-order valence-electron chi connectivity index (χ1n) is 4.64. The minimum absolute atomic E-state index is 0.0330. The molecule has 0 aliphatic heterocycles. The van der Waals surface area contributed by atoms with Gasteiger partial charge in [0, 0.05) is 16.0 Å². The molecule has 2 heteroatoms. The van der Waals surface area contributed by atoms with Gasteiger partial charge in [0.05, 0.1) is 0 Å². The number of ketones is 1. The van der Waals surface area contributed by atoms with Crippen molar-refractivity contribution in [3.8, 4) is 0 Å². The normalized spacial score (nSPS) is 9.87. The first-order valence-corrected chi connectivity index (χ1v) is 5.05. The average Bonchev–Trinajstić information content (AvgIpc) is 2.30. The lowest BCUT2D eigenvalue weighted by Gasteiger charge is -2.00. The third-order valence-electron chi connectivity index (χ3n) is 2.15. The smallest absolute Gasteiger partial charge is 0.193 e. The molecule has 0 aliphatic carbocycles. The van der Waals surface area contributed by atoms with Crippen molar-refractivity contribution in [2.75, 3.05) is 0 Å². The van der Waals surface area contributed by atoms with E-state index in [1.54, 1.807) is 24.3 Å². The molecule has 0 amide bonds. The fraction of sp³-hybridized carbons (Fsp3) is 0. The Hall–Kier alpha value is -1.67. The molecule has 15 heavy (non-hydrogen) atoms. The summed E-state index contributed by atoms with van der Waals surface area (Å²) in [6.07, 6.45) is 0. The van der Waals surface area contributed by atoms with Crippen LogP contribution in [0.25, 0.3) is 0 Å². The van der Waals surface area contributed by atoms with E-state index < -0.39 is 0 Å². The van der Waals surface area contributed by atoms with Crippen molar-refractivity contribution >= 4 is 18.4 Å². The molecule has 0 saturated carbocycles. The van der Waals surface area contributed by atoms with E-state index in [0.717, 1.165) is 4.90 Å². The molecule has 0 spiro atoms. The highest BCUT2D eigenvalue weighted by atomic mass is 32.1. The van der Waals surface area contributed by atoms with Crippen molar-refractivity contribution in [3.05, 3.63) is 65.7 Å². The van der Waals surface area contributed by atoms with Crippen LogP contribution in [0.5, 0.6) is 0 Å². The zero-order valence-electron chi connectivity index (χ0n) is 8.01. The topological polar surface area (TPSA) is 17.1 Å². The van der Waals surface area contributed by atoms with E-state index in [-0.39, 0.29) is 5.78 Å². The minimum atomic E-state index is 0.0330. The Morgan fingerprint density at radius 3 is 1.93 bits per heavy atom. The number of benzene rings is 2. The van der Waals surface area contributed by atoms with Crippen LogP contribution in [-0.2, 0) is 0 Å². The molecule has 0 N–H and O–H groups in total. The Morgan fingerprint density at radius 1 is 0.800 bits per heavy atom. The highest BCUT2D eigenvalue weighted by Crippen LogP contribution is 2.12. The van der Waals surface area contributed by atoms with E-state index in [2.05, 4.69) is 0 Å². The average molecular weight is 213 g/mol. The van der Waals surface area contributed by atoms with Crippen molar-refractivity contribution in [3.63, 3.8) is 0 Å². The summed E-state index contributed by atoms with van der Waals surface area (Å²) in [5.74, 6) is 0.0330. The fourth-order valence-corrected chi connectivity index (χ4v) is 1.50. The lowest BCUT2D eigenvalue weighted by atomic mass is 10.0. The summed E-state index contributed by atoms with van der Waals surface area (Å²) in [5, 5.41) is 0. The summed E-state index contributed by atoms with van der Waals surface area (Å²) in [4.78, 5) is 12.7. The van der Waals surface area contributed by atoms with Crippen LogP contribution in [0.15, 0.2) is 59.5 Å². The van der Waals surface area contributed by atoms with Crippen LogP contribution >= 0.6 is 12.6 Å². The predicted octanol–water partition coefficient (Wildman–Crippen LogP) is 3.47. The van der Waals surface area contributed by atoms with Gasteiger partial charge in [-0.25, -0.2) is 0 Å². The molecule has 0 saturated heterocycles. The summed E-state index contributed by atoms with van der Waals surface area (Å²) in [6.45, 7) is 0. The first kappa shape index (κ1) is 9.87. The molecule has 0 heterocycles. The Kier molecular flexibility index (Phi) is 2.79. The van der Waals surface area contributed by atoms with Crippen LogP contribution in [0.4, 0.5) is 0 Å². The van der Waals surface area contributed by atoms with Gasteiger partial charge in [0.15, 0.2) is 5.78 Å². The van der Waals surface area contributed by atoms with Gasteiger partial charge in [0.2, 0.25) is 0 Å². The molecule has 0 unspecified atom stereocenters. The number of carbonyl (C=O) groups excluding carboxylic acids is 1. The zero-order valence-corrected chi connectivity index (χ0v) is 8.83. The maximum atomic E-state index is 11.9. The maximum absolute atomic E-state index is 11.9. The molecule has 2 rings (SSSR count). The van der Waals surface area contributed by atoms with E-state index in [9.17, 15) is 4.79 Å². The monoisotopic (exact) mass is 213 g/mol. The molecule has 2 aromatic carbocycles. The highest BCUT2D eigenvalue weighted by Gasteiger charge is 2.07. The number of hydrogen-bond donors (Lipinski definition) is 0. The molecule has 0 fully saturated rings. The summed E-state index contributed by atoms with van der Waals surface area (Å²) in [7, 11) is 0. The van der Waals surface area contributed by atoms with Gasteiger partial charge in [-0.3, -0.25) is 4.79 Å². The van der Waals surface area contributed by atoms with Crippen LogP contribution in [-0.4, -0.2) is 5.78 Å². The van der Waals surface area contributed by atoms with Gasteiger partial charge in [-0.1, -0.05) is 43.0 Å². The summed E-state index contributed by atoms with van der Waals surface area (Å²) >= 11 is 4.96. The second-order valence-electron chi connectivity index (χ2n) is 3.22. The predicted molar refractivity (Wildman–Crippen MR) is 62.2 cm³/mol. The van der Waals surface area contributed by atoms with Crippen molar-refractivity contribution < 1.29 is 4.79 Å². The van der Waals surface area contributed by atoms with Crippen molar-refractivity contribution in [1.82, 2.24) is 0 Å². The van der Waals surface area contributed by atoms with E-state index >= 15 is 0 Å². The Bertz CT molecular complexity index is 460. The number of rotatable bonds is 2. The van der Waals surface area contributed by atoms with Crippen LogP contribution in [0.1, 0.15) is 15.9 Å². The van der Waals surface area contributed by atoms with Crippen LogP contribution in [0.3, 0.4) is 0 Å². The molecule has 1 nitrogen and oxygen atoms in total. The van der Waals surface area contributed by atoms with Gasteiger partial charge in [-0.05, 0) is 24.3 Å². The van der Waals surface area contributed by atoms with Crippen molar-refractivity contribution in [2.45, 2.75) is 4.90 Å². The van der Waals surface area contributed by atoms with Gasteiger partial charge in [0.1, 0.15) is 0 Å². The van der Waals surface area contributed by atoms with E-state index in [1.807, 2.05) is 30.3 Å². The third kappa shape index (κ3) is 2.22. The lowest BCUT2D eigenvalue weighted by Crippen LogP contribution is -2.00. The molecule has 0 bridgehead atoms. The van der Waals surface area contributed by atoms with E-state index in [1.165, 1.54) is 0 Å². The molecule has 0 atom stereocenters. The van der Waals surface area contributed by atoms with Gasteiger partial charge in [-0.15, -0.1) is 0 Å². The largest absolute Gasteiger partial charge is 0.289 e. The molecule has 2 aromatic rings. The first-order chi connectivity index (χ1) is 7.27. The van der Waals surface area contributed by atoms with Gasteiger partial charge in [-0.2, -0.15) is 0 Å². The molecular formula is C13H9OS. The summed E-state index contributed by atoms with van der Waals surface area (Å²) in [5.41, 5.74) is 1.38. The van der Waals surface area contributed by atoms with Crippen molar-refractivity contribution in [2.24, 2.45) is 0 Å². The molecule has 73 valence electrons. The van der Waals surface area contributed by atoms with Gasteiger partial charge < -0.3 is 0 Å². The highest BCUT2D eigenvalue weighted by molar-refractivity contribution is 7.80. The van der Waals surface area contributed by atoms with E-state index in [0.29, 0.717) is 11.1 Å². The molecule has 1 radical (unpaired) electrons. The molecule has 0 aromatic heterocycles. The lowest BCUT2D eigenvalue weighted by molar-refractivity contribution is 0.103. The summed E-state index contributed by atoms with van der Waals surface area (Å²) in [6, 6.07) is 16.3. The minimum Gasteiger partial charge on any atom is -0.289 e. The summed E-state index contributed by atoms with van der Waals surface area (Å²) < 4.78 is 0.